The molecular formula is C22H25ClF3N7O6S. The second kappa shape index (κ2) is 11.7. The van der Waals surface area contributed by atoms with Crippen LogP contribution in [0.1, 0.15) is 38.7 Å². The number of aromatic nitrogens is 6. The van der Waals surface area contributed by atoms with Crippen LogP contribution in [-0.4, -0.2) is 76.2 Å². The van der Waals surface area contributed by atoms with Gasteiger partial charge in [0.15, 0.2) is 17.4 Å². The second-order valence-electron chi connectivity index (χ2n) is 8.90. The molecule has 0 aliphatic carbocycles. The highest BCUT2D eigenvalue weighted by atomic mass is 35.5. The van der Waals surface area contributed by atoms with Crippen molar-refractivity contribution in [1.82, 2.24) is 29.7 Å². The van der Waals surface area contributed by atoms with E-state index in [-0.39, 0.29) is 53.3 Å². The number of ether oxygens (including phenoxy) is 4. The van der Waals surface area contributed by atoms with E-state index in [1.807, 2.05) is 0 Å². The van der Waals surface area contributed by atoms with E-state index in [0.29, 0.717) is 0 Å². The summed E-state index contributed by atoms with van der Waals surface area (Å²) in [6.07, 6.45) is -2.78. The van der Waals surface area contributed by atoms with Crippen molar-refractivity contribution in [2.45, 2.75) is 50.6 Å². The maximum atomic E-state index is 13.6. The Morgan fingerprint density at radius 2 is 1.90 bits per heavy atom. The van der Waals surface area contributed by atoms with Crippen LogP contribution >= 0.6 is 11.6 Å². The molecule has 0 fully saturated rings. The number of pyridine rings is 1. The highest BCUT2D eigenvalue weighted by molar-refractivity contribution is 7.93. The summed E-state index contributed by atoms with van der Waals surface area (Å²) < 4.78 is 90.7. The zero-order chi connectivity index (χ0) is 29.2. The van der Waals surface area contributed by atoms with E-state index in [9.17, 15) is 21.6 Å². The normalized spacial score (nSPS) is 16.9. The number of methoxy groups -OCH3 is 1. The summed E-state index contributed by atoms with van der Waals surface area (Å²) in [4.78, 5) is 11.9. The van der Waals surface area contributed by atoms with Crippen molar-refractivity contribution in [3.63, 3.8) is 0 Å². The third-order valence-corrected chi connectivity index (χ3v) is 7.52. The lowest BCUT2D eigenvalue weighted by atomic mass is 10.2. The summed E-state index contributed by atoms with van der Waals surface area (Å²) in [5.41, 5.74) is 0.0504. The fraction of sp³-hybridized carbons (Fsp3) is 0.500. The summed E-state index contributed by atoms with van der Waals surface area (Å²) in [6.45, 7) is 4.60. The Kier molecular flexibility index (Phi) is 8.67. The van der Waals surface area contributed by atoms with E-state index in [1.165, 1.54) is 37.1 Å². The van der Waals surface area contributed by atoms with Crippen molar-refractivity contribution in [2.75, 3.05) is 25.0 Å². The zero-order valence-electron chi connectivity index (χ0n) is 21.6. The Labute approximate surface area is 232 Å². The first-order chi connectivity index (χ1) is 18.8. The van der Waals surface area contributed by atoms with E-state index >= 15 is 0 Å². The Morgan fingerprint density at radius 3 is 2.52 bits per heavy atom. The van der Waals surface area contributed by atoms with Crippen LogP contribution in [0.2, 0.25) is 5.02 Å². The van der Waals surface area contributed by atoms with Crippen molar-refractivity contribution >= 4 is 27.6 Å². The number of nitrogens with one attached hydrogen (secondary N) is 1. The molecule has 1 aliphatic rings. The average molecular weight is 608 g/mol. The third kappa shape index (κ3) is 6.54. The van der Waals surface area contributed by atoms with E-state index in [0.717, 1.165) is 6.20 Å². The number of rotatable bonds is 10. The average Bonchev–Trinajstić information content (AvgIpc) is 3.19. The molecule has 0 bridgehead atoms. The Balaban J connectivity index is 1.73. The van der Waals surface area contributed by atoms with Gasteiger partial charge in [-0.3, -0.25) is 9.29 Å². The van der Waals surface area contributed by atoms with Gasteiger partial charge in [0.05, 0.1) is 29.3 Å². The van der Waals surface area contributed by atoms with Crippen molar-refractivity contribution in [1.29, 1.82) is 0 Å². The van der Waals surface area contributed by atoms with Crippen LogP contribution in [0.25, 0.3) is 11.4 Å². The lowest BCUT2D eigenvalue weighted by Gasteiger charge is -2.26. The predicted octanol–water partition coefficient (Wildman–Crippen LogP) is 3.56. The van der Waals surface area contributed by atoms with E-state index in [4.69, 9.17) is 25.8 Å². The molecule has 0 aromatic carbocycles. The van der Waals surface area contributed by atoms with Crippen LogP contribution in [0.3, 0.4) is 0 Å². The fourth-order valence-electron chi connectivity index (χ4n) is 3.91. The molecule has 4 heterocycles. The maximum absolute atomic E-state index is 13.6. The first-order valence-electron chi connectivity index (χ1n) is 11.8. The van der Waals surface area contributed by atoms with Crippen molar-refractivity contribution < 1.29 is 40.5 Å². The van der Waals surface area contributed by atoms with Crippen LogP contribution in [0.15, 0.2) is 24.7 Å². The summed E-state index contributed by atoms with van der Waals surface area (Å²) in [5.74, 6) is -1.29. The molecule has 1 aliphatic heterocycles. The van der Waals surface area contributed by atoms with Gasteiger partial charge >= 0.3 is 6.36 Å². The molecule has 0 amide bonds. The van der Waals surface area contributed by atoms with E-state index in [2.05, 4.69) is 34.6 Å². The van der Waals surface area contributed by atoms with Gasteiger partial charge in [-0.1, -0.05) is 11.6 Å². The van der Waals surface area contributed by atoms with Gasteiger partial charge in [0, 0.05) is 25.7 Å². The number of fused-ring (bicyclic) bond motifs is 3. The molecule has 40 heavy (non-hydrogen) atoms. The Hall–Kier alpha value is -3.28. The number of halogens is 4. The monoisotopic (exact) mass is 607 g/mol. The van der Waals surface area contributed by atoms with Gasteiger partial charge in [0.1, 0.15) is 18.0 Å². The van der Waals surface area contributed by atoms with Crippen LogP contribution in [0, 0.1) is 0 Å². The second-order valence-corrected chi connectivity index (χ2v) is 11.4. The number of nitrogens with zero attached hydrogens (tertiary/aromatic N) is 6. The summed E-state index contributed by atoms with van der Waals surface area (Å²) in [5, 5.41) is 7.05. The number of hydrogen-bond acceptors (Lipinski definition) is 11. The molecule has 0 saturated carbocycles. The molecule has 18 heteroatoms. The fourth-order valence-corrected chi connectivity index (χ4v) is 5.10. The smallest absolute Gasteiger partial charge is 0.485 e. The minimum Gasteiger partial charge on any atom is -0.485 e. The van der Waals surface area contributed by atoms with Crippen LogP contribution in [0.5, 0.6) is 11.6 Å². The molecule has 218 valence electrons. The predicted molar refractivity (Wildman–Crippen MR) is 134 cm³/mol. The third-order valence-electron chi connectivity index (χ3n) is 5.63. The molecule has 1 N–H and O–H groups in total. The molecule has 4 rings (SSSR count). The van der Waals surface area contributed by atoms with Gasteiger partial charge in [-0.05, 0) is 26.8 Å². The summed E-state index contributed by atoms with van der Waals surface area (Å²) in [7, 11) is -2.86. The molecule has 0 spiro atoms. The number of anilines is 1. The van der Waals surface area contributed by atoms with Gasteiger partial charge in [-0.25, -0.2) is 23.4 Å². The molecule has 0 radical (unpaired) electrons. The zero-order valence-corrected chi connectivity index (χ0v) is 23.2. The molecule has 13 nitrogen and oxygen atoms in total. The number of hydrogen-bond donors (Lipinski definition) is 1. The number of alkyl halides is 3. The Bertz CT molecular complexity index is 1440. The highest BCUT2D eigenvalue weighted by Gasteiger charge is 2.39. The first-order valence-corrected chi connectivity index (χ1v) is 13.7. The van der Waals surface area contributed by atoms with E-state index < -0.39 is 39.7 Å². The van der Waals surface area contributed by atoms with Crippen LogP contribution in [-0.2, 0) is 19.5 Å². The van der Waals surface area contributed by atoms with Crippen molar-refractivity contribution in [3.05, 3.63) is 35.5 Å². The number of sulfonamides is 1. The molecule has 3 aromatic heterocycles. The largest absolute Gasteiger partial charge is 0.574 e. The molecule has 3 atom stereocenters. The Morgan fingerprint density at radius 1 is 1.20 bits per heavy atom. The minimum atomic E-state index is -5.03. The molecule has 0 unspecified atom stereocenters. The lowest BCUT2D eigenvalue weighted by Crippen LogP contribution is -2.35. The van der Waals surface area contributed by atoms with Gasteiger partial charge in [0.2, 0.25) is 16.0 Å². The van der Waals surface area contributed by atoms with E-state index in [1.54, 1.807) is 13.8 Å². The van der Waals surface area contributed by atoms with Crippen LogP contribution < -0.4 is 14.2 Å². The minimum absolute atomic E-state index is 0.00495. The standard InChI is InChI=1S/C22H25ClF3N7O6S/c1-11(2)38-16(18-28-7-13(23)8-29-18)12(3)40(34,35)32-21-31-30-19-15-5-6-27-20(39-22(24,25)26)17(15)37-10-14(9-36-4)33(19)21/h5-8,11-12,14,16H,9-10H2,1-4H3,(H,31,32)/t12-,14+,16+/m0/s1. The highest BCUT2D eigenvalue weighted by Crippen LogP contribution is 2.42. The van der Waals surface area contributed by atoms with Gasteiger partial charge in [-0.15, -0.1) is 23.4 Å². The van der Waals surface area contributed by atoms with Gasteiger partial charge in [0.25, 0.3) is 5.88 Å². The molecule has 3 aromatic rings. The van der Waals surface area contributed by atoms with Gasteiger partial charge in [-0.2, -0.15) is 0 Å². The SMILES string of the molecule is COC[C@@H]1COc2c(ccnc2OC(F)(F)F)-c2nnc(NS(=O)(=O)[C@@H](C)[C@@H](OC(C)C)c3ncc(Cl)cn3)n21. The quantitative estimate of drug-likeness (QED) is 0.360. The van der Waals surface area contributed by atoms with Gasteiger partial charge < -0.3 is 18.9 Å². The first kappa shape index (κ1) is 29.7. The maximum Gasteiger partial charge on any atom is 0.574 e. The topological polar surface area (TPSA) is 152 Å². The summed E-state index contributed by atoms with van der Waals surface area (Å²) >= 11 is 5.88. The lowest BCUT2D eigenvalue weighted by molar-refractivity contribution is -0.276. The molecular weight excluding hydrogens is 583 g/mol. The molecule has 0 saturated heterocycles. The van der Waals surface area contributed by atoms with Crippen LogP contribution in [0.4, 0.5) is 19.1 Å². The van der Waals surface area contributed by atoms with Crippen molar-refractivity contribution in [2.24, 2.45) is 0 Å². The van der Waals surface area contributed by atoms with Crippen molar-refractivity contribution in [3.8, 4) is 23.0 Å². The summed E-state index contributed by atoms with van der Waals surface area (Å²) in [6, 6.07) is 0.593.